The van der Waals surface area contributed by atoms with E-state index in [0.29, 0.717) is 0 Å². The van der Waals surface area contributed by atoms with Crippen LogP contribution in [0.4, 0.5) is 5.00 Å². The van der Waals surface area contributed by atoms with Gasteiger partial charge in [0.25, 0.3) is 0 Å². The average molecular weight is 333 g/mol. The number of aromatic amines is 1. The van der Waals surface area contributed by atoms with Crippen molar-refractivity contribution in [2.24, 2.45) is 4.99 Å². The quantitative estimate of drug-likeness (QED) is 0.493. The van der Waals surface area contributed by atoms with Crippen molar-refractivity contribution in [2.45, 2.75) is 39.0 Å². The monoisotopic (exact) mass is 333 g/mol. The molecule has 2 heterocycles. The van der Waals surface area contributed by atoms with Gasteiger partial charge < -0.3 is 4.98 Å². The third-order valence-electron chi connectivity index (χ3n) is 4.70. The molecule has 0 bridgehead atoms. The lowest BCUT2D eigenvalue weighted by Crippen LogP contribution is -1.87. The molecule has 0 fully saturated rings. The number of H-pyrrole nitrogens is 1. The molecule has 0 saturated heterocycles. The SMILES string of the molecule is Cc1ccc2[nH]cc(/C=N/c3sc4c(c3C#N)CCCCC4)c2c1. The smallest absolute Gasteiger partial charge is 0.134 e. The van der Waals surface area contributed by atoms with Crippen molar-refractivity contribution in [2.75, 3.05) is 0 Å². The Bertz CT molecular complexity index is 969. The summed E-state index contributed by atoms with van der Waals surface area (Å²) in [6, 6.07) is 8.76. The van der Waals surface area contributed by atoms with E-state index < -0.39 is 0 Å². The summed E-state index contributed by atoms with van der Waals surface area (Å²) in [5.74, 6) is 0. The van der Waals surface area contributed by atoms with Crippen molar-refractivity contribution in [3.8, 4) is 6.07 Å². The lowest BCUT2D eigenvalue weighted by Gasteiger charge is -1.97. The van der Waals surface area contributed by atoms with Crippen molar-refractivity contribution in [3.63, 3.8) is 0 Å². The number of nitriles is 1. The first-order chi connectivity index (χ1) is 11.8. The lowest BCUT2D eigenvalue weighted by molar-refractivity contribution is 0.712. The molecule has 1 aliphatic rings. The van der Waals surface area contributed by atoms with Crippen molar-refractivity contribution in [3.05, 3.63) is 51.5 Å². The molecule has 1 aliphatic carbocycles. The van der Waals surface area contributed by atoms with E-state index in [1.807, 2.05) is 12.4 Å². The second-order valence-electron chi connectivity index (χ2n) is 6.41. The van der Waals surface area contributed by atoms with E-state index >= 15 is 0 Å². The van der Waals surface area contributed by atoms with Gasteiger partial charge in [-0.25, -0.2) is 4.99 Å². The second-order valence-corrected chi connectivity index (χ2v) is 7.49. The van der Waals surface area contributed by atoms with Crippen LogP contribution in [0.1, 0.15) is 46.4 Å². The number of hydrogen-bond donors (Lipinski definition) is 1. The van der Waals surface area contributed by atoms with Crippen LogP contribution < -0.4 is 0 Å². The number of thiophene rings is 1. The van der Waals surface area contributed by atoms with E-state index in [4.69, 9.17) is 0 Å². The van der Waals surface area contributed by atoms with Crippen molar-refractivity contribution >= 4 is 33.5 Å². The summed E-state index contributed by atoms with van der Waals surface area (Å²) in [4.78, 5) is 9.34. The molecule has 3 aromatic rings. The number of hydrogen-bond acceptors (Lipinski definition) is 3. The molecule has 0 aliphatic heterocycles. The molecule has 1 N–H and O–H groups in total. The molecule has 0 atom stereocenters. The van der Waals surface area contributed by atoms with Crippen LogP contribution >= 0.6 is 11.3 Å². The average Bonchev–Trinajstić information content (AvgIpc) is 3.05. The normalized spacial score (nSPS) is 14.7. The van der Waals surface area contributed by atoms with E-state index in [-0.39, 0.29) is 0 Å². The summed E-state index contributed by atoms with van der Waals surface area (Å²) in [5.41, 5.74) is 5.47. The van der Waals surface area contributed by atoms with Gasteiger partial charge in [-0.05, 0) is 50.3 Å². The van der Waals surface area contributed by atoms with Crippen LogP contribution in [0.2, 0.25) is 0 Å². The molecule has 0 spiro atoms. The fourth-order valence-corrected chi connectivity index (χ4v) is 4.61. The number of aryl methyl sites for hydroxylation is 2. The van der Waals surface area contributed by atoms with E-state index in [0.717, 1.165) is 34.5 Å². The van der Waals surface area contributed by atoms with Crippen LogP contribution in [0, 0.1) is 18.3 Å². The maximum Gasteiger partial charge on any atom is 0.134 e. The van der Waals surface area contributed by atoms with Gasteiger partial charge in [0.2, 0.25) is 0 Å². The van der Waals surface area contributed by atoms with Crippen LogP contribution in [0.3, 0.4) is 0 Å². The molecule has 0 amide bonds. The van der Waals surface area contributed by atoms with Gasteiger partial charge in [0.1, 0.15) is 11.1 Å². The number of nitrogens with one attached hydrogen (secondary N) is 1. The first-order valence-corrected chi connectivity index (χ1v) is 9.24. The molecule has 3 nitrogen and oxygen atoms in total. The van der Waals surface area contributed by atoms with Gasteiger partial charge in [0, 0.05) is 33.8 Å². The molecule has 0 unspecified atom stereocenters. The minimum absolute atomic E-state index is 0.796. The van der Waals surface area contributed by atoms with Crippen molar-refractivity contribution in [1.29, 1.82) is 5.26 Å². The van der Waals surface area contributed by atoms with E-state index in [1.54, 1.807) is 11.3 Å². The van der Waals surface area contributed by atoms with Crippen molar-refractivity contribution in [1.82, 2.24) is 4.98 Å². The zero-order valence-electron chi connectivity index (χ0n) is 13.7. The van der Waals surface area contributed by atoms with E-state index in [2.05, 4.69) is 41.2 Å². The number of aliphatic imine (C=N–C) groups is 1. The van der Waals surface area contributed by atoms with Gasteiger partial charge in [0.05, 0.1) is 5.56 Å². The Morgan fingerprint density at radius 3 is 3.00 bits per heavy atom. The van der Waals surface area contributed by atoms with Gasteiger partial charge in [-0.3, -0.25) is 0 Å². The molecule has 24 heavy (non-hydrogen) atoms. The lowest BCUT2D eigenvalue weighted by atomic mass is 10.1. The topological polar surface area (TPSA) is 51.9 Å². The fraction of sp³-hybridized carbons (Fsp3) is 0.300. The number of aromatic nitrogens is 1. The summed E-state index contributed by atoms with van der Waals surface area (Å²) < 4.78 is 0. The maximum absolute atomic E-state index is 9.60. The third-order valence-corrected chi connectivity index (χ3v) is 5.90. The van der Waals surface area contributed by atoms with Gasteiger partial charge in [-0.1, -0.05) is 18.1 Å². The van der Waals surface area contributed by atoms with E-state index in [1.165, 1.54) is 40.7 Å². The van der Waals surface area contributed by atoms with Crippen LogP contribution in [0.15, 0.2) is 29.4 Å². The highest BCUT2D eigenvalue weighted by atomic mass is 32.1. The zero-order chi connectivity index (χ0) is 16.5. The van der Waals surface area contributed by atoms with Crippen LogP contribution in [0.5, 0.6) is 0 Å². The summed E-state index contributed by atoms with van der Waals surface area (Å²) in [6.45, 7) is 2.09. The molecular weight excluding hydrogens is 314 g/mol. The summed E-state index contributed by atoms with van der Waals surface area (Å²) in [5, 5.41) is 11.6. The van der Waals surface area contributed by atoms with Crippen LogP contribution in [-0.2, 0) is 12.8 Å². The van der Waals surface area contributed by atoms with Gasteiger partial charge in [-0.15, -0.1) is 11.3 Å². The number of nitrogens with zero attached hydrogens (tertiary/aromatic N) is 2. The Morgan fingerprint density at radius 2 is 2.12 bits per heavy atom. The molecule has 0 saturated carbocycles. The fourth-order valence-electron chi connectivity index (χ4n) is 3.43. The zero-order valence-corrected chi connectivity index (χ0v) is 14.5. The standard InChI is InChI=1S/C20H19N3S/c1-13-7-8-18-16(9-13)14(11-22-18)12-23-20-17(10-21)15-5-3-2-4-6-19(15)24-20/h7-9,11-12,22H,2-6H2,1H3/b23-12+. The van der Waals surface area contributed by atoms with Gasteiger partial charge >= 0.3 is 0 Å². The third kappa shape index (κ3) is 2.65. The summed E-state index contributed by atoms with van der Waals surface area (Å²) in [6.07, 6.45) is 9.67. The van der Waals surface area contributed by atoms with Crippen LogP contribution in [0.25, 0.3) is 10.9 Å². The highest BCUT2D eigenvalue weighted by Gasteiger charge is 2.19. The van der Waals surface area contributed by atoms with E-state index in [9.17, 15) is 5.26 Å². The Kier molecular flexibility index (Phi) is 3.95. The predicted molar refractivity (Wildman–Crippen MR) is 101 cm³/mol. The van der Waals surface area contributed by atoms with Crippen LogP contribution in [-0.4, -0.2) is 11.2 Å². The summed E-state index contributed by atoms with van der Waals surface area (Å²) >= 11 is 1.70. The molecule has 120 valence electrons. The number of fused-ring (bicyclic) bond motifs is 2. The Balaban J connectivity index is 1.73. The second kappa shape index (κ2) is 6.26. The molecule has 2 aromatic heterocycles. The largest absolute Gasteiger partial charge is 0.361 e. The molecule has 4 heteroatoms. The first kappa shape index (κ1) is 15.2. The summed E-state index contributed by atoms with van der Waals surface area (Å²) in [7, 11) is 0. The molecule has 0 radical (unpaired) electrons. The number of benzene rings is 1. The Labute approximate surface area is 145 Å². The molecular formula is C20H19N3S. The molecule has 4 rings (SSSR count). The minimum atomic E-state index is 0.796. The Morgan fingerprint density at radius 1 is 1.25 bits per heavy atom. The Hall–Kier alpha value is -2.38. The highest BCUT2D eigenvalue weighted by molar-refractivity contribution is 7.16. The first-order valence-electron chi connectivity index (χ1n) is 8.42. The van der Waals surface area contributed by atoms with Gasteiger partial charge in [0.15, 0.2) is 0 Å². The minimum Gasteiger partial charge on any atom is -0.361 e. The highest BCUT2D eigenvalue weighted by Crippen LogP contribution is 2.38. The maximum atomic E-state index is 9.60. The van der Waals surface area contributed by atoms with Gasteiger partial charge in [-0.2, -0.15) is 5.26 Å². The molecule has 1 aromatic carbocycles. The number of rotatable bonds is 2. The van der Waals surface area contributed by atoms with Crippen molar-refractivity contribution < 1.29 is 0 Å². The predicted octanol–water partition coefficient (Wildman–Crippen LogP) is 5.43.